The molecule has 0 aliphatic rings. The van der Waals surface area contributed by atoms with Crippen LogP contribution in [0.3, 0.4) is 0 Å². The lowest BCUT2D eigenvalue weighted by Crippen LogP contribution is -2.06. The monoisotopic (exact) mass is 170 g/mol. The van der Waals surface area contributed by atoms with Gasteiger partial charge in [0.25, 0.3) is 0 Å². The lowest BCUT2D eigenvalue weighted by molar-refractivity contribution is 0.926. The summed E-state index contributed by atoms with van der Waals surface area (Å²) in [6, 6.07) is 6.16. The number of nitrogens with zero attached hydrogens (tertiary/aromatic N) is 5. The molecule has 0 saturated heterocycles. The molecule has 0 aliphatic heterocycles. The van der Waals surface area contributed by atoms with Crippen molar-refractivity contribution < 1.29 is 0 Å². The van der Waals surface area contributed by atoms with Crippen LogP contribution in [0, 0.1) is 45.3 Å². The lowest BCUT2D eigenvalue weighted by Gasteiger charge is -1.91. The number of allylic oxidation sites excluding steroid dienone is 2. The molecule has 0 heterocycles. The first-order valence-corrected chi connectivity index (χ1v) is 2.92. The van der Waals surface area contributed by atoms with E-state index in [1.54, 1.807) is 12.1 Å². The molecular weight excluding hydrogens is 168 g/mol. The minimum Gasteiger partial charge on any atom is -0.265 e. The smallest absolute Gasteiger partial charge is 0.237 e. The molecule has 0 saturated carbocycles. The van der Waals surface area contributed by atoms with Gasteiger partial charge in [-0.3, -0.25) is 5.43 Å². The van der Waals surface area contributed by atoms with E-state index in [-0.39, 0.29) is 5.70 Å². The molecule has 0 aromatic carbocycles. The molecule has 0 rings (SSSR count). The summed E-state index contributed by atoms with van der Waals surface area (Å²) in [5, 5.41) is 36.2. The first kappa shape index (κ1) is 10.2. The molecule has 0 bridgehead atoms. The Bertz CT molecular complexity index is 386. The summed E-state index contributed by atoms with van der Waals surface area (Å²) in [4.78, 5) is 0. The van der Waals surface area contributed by atoms with Gasteiger partial charge in [0, 0.05) is 0 Å². The molecule has 0 unspecified atom stereocenters. The number of rotatable bonds is 2. The van der Waals surface area contributed by atoms with Crippen molar-refractivity contribution >= 4 is 5.71 Å². The molecule has 0 atom stereocenters. The van der Waals surface area contributed by atoms with E-state index in [2.05, 4.69) is 10.5 Å². The molecule has 0 aromatic heterocycles. The second-order valence-corrected chi connectivity index (χ2v) is 1.59. The summed E-state index contributed by atoms with van der Waals surface area (Å²) in [6.45, 7) is 0. The highest BCUT2D eigenvalue weighted by Crippen LogP contribution is 1.84. The summed E-state index contributed by atoms with van der Waals surface area (Å²) in [7, 11) is 0. The Morgan fingerprint density at radius 3 is 2.08 bits per heavy atom. The van der Waals surface area contributed by atoms with E-state index in [0.717, 1.165) is 6.08 Å². The number of nitriles is 4. The zero-order chi connectivity index (χ0) is 10.1. The average Bonchev–Trinajstić information content (AvgIpc) is 2.17. The predicted molar refractivity (Wildman–Crippen MR) is 41.1 cm³/mol. The zero-order valence-corrected chi connectivity index (χ0v) is 6.31. The third kappa shape index (κ3) is 3.78. The number of nitrogens with one attached hydrogen (secondary N) is 1. The molecule has 1 N–H and O–H groups in total. The van der Waals surface area contributed by atoms with E-state index in [9.17, 15) is 0 Å². The van der Waals surface area contributed by atoms with Gasteiger partial charge in [0.2, 0.25) is 5.71 Å². The zero-order valence-electron chi connectivity index (χ0n) is 6.31. The first-order chi connectivity index (χ1) is 6.28. The maximum atomic E-state index is 8.35. The molecule has 0 spiro atoms. The van der Waals surface area contributed by atoms with E-state index < -0.39 is 5.71 Å². The molecule has 6 nitrogen and oxygen atoms in total. The fraction of sp³-hybridized carbons (Fsp3) is 0. The Balaban J connectivity index is 4.54. The minimum absolute atomic E-state index is 0.134. The predicted octanol–water partition coefficient (Wildman–Crippen LogP) is -0.0898. The second-order valence-electron chi connectivity index (χ2n) is 1.59. The third-order valence-corrected chi connectivity index (χ3v) is 0.829. The van der Waals surface area contributed by atoms with Crippen molar-refractivity contribution in [3.8, 4) is 24.3 Å². The van der Waals surface area contributed by atoms with Crippen LogP contribution in [-0.2, 0) is 0 Å². The molecule has 6 heteroatoms. The maximum absolute atomic E-state index is 8.35. The van der Waals surface area contributed by atoms with E-state index in [4.69, 9.17) is 21.0 Å². The number of hydrazone groups is 1. The van der Waals surface area contributed by atoms with Gasteiger partial charge in [-0.05, 0) is 0 Å². The molecular formula is C7H2N6. The highest BCUT2D eigenvalue weighted by atomic mass is 15.3. The van der Waals surface area contributed by atoms with Crippen LogP contribution in [0.1, 0.15) is 0 Å². The molecule has 60 valence electrons. The van der Waals surface area contributed by atoms with Crippen LogP contribution in [-0.4, -0.2) is 5.71 Å². The van der Waals surface area contributed by atoms with Crippen LogP contribution < -0.4 is 5.43 Å². The molecule has 0 amide bonds. The van der Waals surface area contributed by atoms with Crippen molar-refractivity contribution in [2.75, 3.05) is 0 Å². The van der Waals surface area contributed by atoms with Gasteiger partial charge < -0.3 is 0 Å². The number of hydrogen-bond donors (Lipinski definition) is 1. The van der Waals surface area contributed by atoms with Crippen molar-refractivity contribution in [2.45, 2.75) is 0 Å². The maximum Gasteiger partial charge on any atom is 0.237 e. The van der Waals surface area contributed by atoms with Crippen molar-refractivity contribution in [3.63, 3.8) is 0 Å². The van der Waals surface area contributed by atoms with Gasteiger partial charge in [0.15, 0.2) is 0 Å². The summed E-state index contributed by atoms with van der Waals surface area (Å²) in [5.74, 6) is 0. The van der Waals surface area contributed by atoms with Gasteiger partial charge in [-0.15, -0.1) is 0 Å². The van der Waals surface area contributed by atoms with E-state index >= 15 is 0 Å². The molecule has 0 fully saturated rings. The quantitative estimate of drug-likeness (QED) is 0.352. The minimum atomic E-state index is -0.418. The Morgan fingerprint density at radius 1 is 1.08 bits per heavy atom. The van der Waals surface area contributed by atoms with Gasteiger partial charge in [-0.2, -0.15) is 26.1 Å². The van der Waals surface area contributed by atoms with Gasteiger partial charge in [-0.25, -0.2) is 0 Å². The summed E-state index contributed by atoms with van der Waals surface area (Å²) in [6.07, 6.45) is 0.913. The largest absolute Gasteiger partial charge is 0.265 e. The van der Waals surface area contributed by atoms with Crippen LogP contribution in [0.5, 0.6) is 0 Å². The second kappa shape index (κ2) is 5.92. The summed E-state index contributed by atoms with van der Waals surface area (Å²) in [5.41, 5.74) is 1.54. The van der Waals surface area contributed by atoms with Crippen molar-refractivity contribution in [1.82, 2.24) is 5.43 Å². The van der Waals surface area contributed by atoms with Crippen LogP contribution in [0.25, 0.3) is 0 Å². The Kier molecular flexibility index (Phi) is 4.63. The Labute approximate surface area is 74.2 Å². The third-order valence-electron chi connectivity index (χ3n) is 0.829. The van der Waals surface area contributed by atoms with Gasteiger partial charge in [-0.1, -0.05) is 0 Å². The topological polar surface area (TPSA) is 120 Å². The fourth-order valence-electron chi connectivity index (χ4n) is 0.345. The SMILES string of the molecule is N#CC=C(C#N)NN=C(C#N)C#N. The van der Waals surface area contributed by atoms with Gasteiger partial charge in [0.05, 0.1) is 12.1 Å². The standard InChI is InChI=1S/C7H2N6/c8-2-1-6(3-9)12-13-7(4-10)5-11/h1,12H. The highest BCUT2D eigenvalue weighted by Gasteiger charge is 1.94. The van der Waals surface area contributed by atoms with E-state index in [1.807, 2.05) is 0 Å². The Hall–Kier alpha value is -2.83. The molecule has 0 radical (unpaired) electrons. The van der Waals surface area contributed by atoms with E-state index in [1.165, 1.54) is 12.1 Å². The van der Waals surface area contributed by atoms with Crippen molar-refractivity contribution in [1.29, 1.82) is 21.0 Å². The van der Waals surface area contributed by atoms with Crippen LogP contribution in [0.15, 0.2) is 16.9 Å². The van der Waals surface area contributed by atoms with E-state index in [0.29, 0.717) is 0 Å². The molecule has 0 aromatic rings. The average molecular weight is 170 g/mol. The van der Waals surface area contributed by atoms with Gasteiger partial charge >= 0.3 is 0 Å². The highest BCUT2D eigenvalue weighted by molar-refractivity contribution is 6.10. The summed E-state index contributed by atoms with van der Waals surface area (Å²) >= 11 is 0. The number of hydrogen-bond acceptors (Lipinski definition) is 6. The summed E-state index contributed by atoms with van der Waals surface area (Å²) < 4.78 is 0. The fourth-order valence-corrected chi connectivity index (χ4v) is 0.345. The molecule has 0 aliphatic carbocycles. The molecule has 13 heavy (non-hydrogen) atoms. The first-order valence-electron chi connectivity index (χ1n) is 2.92. The van der Waals surface area contributed by atoms with Crippen LogP contribution >= 0.6 is 0 Å². The van der Waals surface area contributed by atoms with Crippen molar-refractivity contribution in [2.24, 2.45) is 5.10 Å². The lowest BCUT2D eigenvalue weighted by atomic mass is 10.4. The Morgan fingerprint density at radius 2 is 1.69 bits per heavy atom. The van der Waals surface area contributed by atoms with Crippen molar-refractivity contribution in [3.05, 3.63) is 11.8 Å². The van der Waals surface area contributed by atoms with Gasteiger partial charge in [0.1, 0.15) is 23.9 Å². The normalized spacial score (nSPS) is 8.15. The van der Waals surface area contributed by atoms with Crippen LogP contribution in [0.4, 0.5) is 0 Å². The van der Waals surface area contributed by atoms with Crippen LogP contribution in [0.2, 0.25) is 0 Å².